The number of carboxylic acids is 1. The summed E-state index contributed by atoms with van der Waals surface area (Å²) in [4.78, 5) is 22.2. The van der Waals surface area contributed by atoms with E-state index in [9.17, 15) is 19.8 Å². The van der Waals surface area contributed by atoms with Gasteiger partial charge in [-0.25, -0.2) is 0 Å². The molecule has 0 fully saturated rings. The van der Waals surface area contributed by atoms with E-state index in [-0.39, 0.29) is 23.4 Å². The molecule has 6 nitrogen and oxygen atoms in total. The van der Waals surface area contributed by atoms with E-state index in [1.54, 1.807) is 21.1 Å². The van der Waals surface area contributed by atoms with Crippen molar-refractivity contribution < 1.29 is 29.0 Å². The van der Waals surface area contributed by atoms with Crippen LogP contribution in [0.3, 0.4) is 0 Å². The summed E-state index contributed by atoms with van der Waals surface area (Å²) in [5.41, 5.74) is 0. The molecule has 106 valence electrons. The zero-order valence-electron chi connectivity index (χ0n) is 11.7. The van der Waals surface area contributed by atoms with E-state index in [2.05, 4.69) is 0 Å². The summed E-state index contributed by atoms with van der Waals surface area (Å²) in [7, 11) is 5.28. The molecule has 0 saturated heterocycles. The van der Waals surface area contributed by atoms with Crippen LogP contribution in [-0.2, 0) is 14.3 Å². The average molecular weight is 261 g/mol. The van der Waals surface area contributed by atoms with Gasteiger partial charge < -0.3 is 24.2 Å². The molecule has 0 aliphatic heterocycles. The molecule has 0 aromatic carbocycles. The van der Waals surface area contributed by atoms with E-state index < -0.39 is 24.1 Å². The van der Waals surface area contributed by atoms with Gasteiger partial charge in [0.25, 0.3) is 5.79 Å². The Labute approximate surface area is 108 Å². The van der Waals surface area contributed by atoms with Crippen molar-refractivity contribution in [2.24, 2.45) is 5.92 Å². The number of ether oxygens (including phenoxy) is 1. The van der Waals surface area contributed by atoms with Crippen LogP contribution in [0.4, 0.5) is 0 Å². The van der Waals surface area contributed by atoms with Crippen LogP contribution in [0.5, 0.6) is 0 Å². The average Bonchev–Trinajstić information content (AvgIpc) is 1.92. The largest absolute Gasteiger partial charge is 0.550 e. The molecule has 0 rings (SSSR count). The molecule has 0 aromatic rings. The van der Waals surface area contributed by atoms with Crippen molar-refractivity contribution in [2.45, 2.75) is 32.5 Å². The number of rotatable bonds is 7. The molecule has 0 amide bonds. The van der Waals surface area contributed by atoms with Gasteiger partial charge in [-0.05, 0) is 5.92 Å². The lowest BCUT2D eigenvalue weighted by Gasteiger charge is -2.35. The lowest BCUT2D eigenvalue weighted by molar-refractivity contribution is -0.880. The normalized spacial score (nSPS) is 15.3. The van der Waals surface area contributed by atoms with Gasteiger partial charge in [-0.15, -0.1) is 0 Å². The quantitative estimate of drug-likeness (QED) is 0.365. The Hall–Kier alpha value is -1.14. The number of hydrogen-bond acceptors (Lipinski definition) is 5. The number of carbonyl (C=O) groups excluding carboxylic acids is 2. The molecule has 0 radical (unpaired) electrons. The van der Waals surface area contributed by atoms with Gasteiger partial charge >= 0.3 is 5.97 Å². The van der Waals surface area contributed by atoms with E-state index in [1.807, 2.05) is 13.8 Å². The molecule has 6 heteroatoms. The van der Waals surface area contributed by atoms with Crippen LogP contribution < -0.4 is 5.11 Å². The first-order valence-electron chi connectivity index (χ1n) is 5.88. The molecule has 1 atom stereocenters. The molecule has 0 aromatic heterocycles. The molecular weight excluding hydrogens is 238 g/mol. The summed E-state index contributed by atoms with van der Waals surface area (Å²) < 4.78 is 5.18. The lowest BCUT2D eigenvalue weighted by atomic mass is 10.1. The number of carboxylic acid groups (broad SMARTS) is 1. The third kappa shape index (κ3) is 8.03. The number of nitrogens with zero attached hydrogens (tertiary/aromatic N) is 1. The van der Waals surface area contributed by atoms with Gasteiger partial charge in [-0.2, -0.15) is 0 Å². The van der Waals surface area contributed by atoms with Crippen LogP contribution in [0.1, 0.15) is 26.7 Å². The molecule has 0 bridgehead atoms. The van der Waals surface area contributed by atoms with E-state index in [0.717, 1.165) is 0 Å². The Morgan fingerprint density at radius 2 is 1.83 bits per heavy atom. The van der Waals surface area contributed by atoms with Gasteiger partial charge in [0, 0.05) is 12.4 Å². The zero-order valence-corrected chi connectivity index (χ0v) is 11.7. The first-order chi connectivity index (χ1) is 7.93. The molecule has 0 saturated carbocycles. The minimum Gasteiger partial charge on any atom is -0.550 e. The molecule has 0 heterocycles. The minimum atomic E-state index is -2.02. The van der Waals surface area contributed by atoms with Gasteiger partial charge in [0.2, 0.25) is 0 Å². The highest BCUT2D eigenvalue weighted by molar-refractivity contribution is 5.71. The molecular formula is C12H23NO5. The predicted molar refractivity (Wildman–Crippen MR) is 63.0 cm³/mol. The number of hydrogen-bond donors (Lipinski definition) is 1. The Morgan fingerprint density at radius 3 is 2.17 bits per heavy atom. The van der Waals surface area contributed by atoms with Crippen LogP contribution >= 0.6 is 0 Å². The van der Waals surface area contributed by atoms with Crippen LogP contribution in [0, 0.1) is 5.92 Å². The topological polar surface area (TPSA) is 86.7 Å². The van der Waals surface area contributed by atoms with Gasteiger partial charge in [-0.1, -0.05) is 13.8 Å². The summed E-state index contributed by atoms with van der Waals surface area (Å²) in [6.45, 7) is 3.64. The van der Waals surface area contributed by atoms with Crippen LogP contribution in [0.15, 0.2) is 0 Å². The number of aliphatic hydroxyl groups is 1. The SMILES string of the molecule is CC(C)CC(=O)OC(O)(CC(=O)[O-])C[N+](C)(C)C. The van der Waals surface area contributed by atoms with Crippen molar-refractivity contribution in [3.8, 4) is 0 Å². The fraction of sp³-hybridized carbons (Fsp3) is 0.833. The fourth-order valence-corrected chi connectivity index (χ4v) is 1.68. The maximum Gasteiger partial charge on any atom is 0.308 e. The highest BCUT2D eigenvalue weighted by Gasteiger charge is 2.38. The highest BCUT2D eigenvalue weighted by Crippen LogP contribution is 2.18. The van der Waals surface area contributed by atoms with Crippen LogP contribution in [-0.4, -0.2) is 55.0 Å². The van der Waals surface area contributed by atoms with Gasteiger partial charge in [0.05, 0.1) is 27.6 Å². The summed E-state index contributed by atoms with van der Waals surface area (Å²) >= 11 is 0. The van der Waals surface area contributed by atoms with Gasteiger partial charge in [-0.3, -0.25) is 4.79 Å². The third-order valence-electron chi connectivity index (χ3n) is 2.02. The maximum absolute atomic E-state index is 11.5. The number of aliphatic carboxylic acids is 1. The molecule has 1 unspecified atom stereocenters. The smallest absolute Gasteiger partial charge is 0.308 e. The van der Waals surface area contributed by atoms with Crippen molar-refractivity contribution in [3.05, 3.63) is 0 Å². The Kier molecular flexibility index (Phi) is 5.76. The zero-order chi connectivity index (χ0) is 14.6. The third-order valence-corrected chi connectivity index (χ3v) is 2.02. The Balaban J connectivity index is 4.76. The summed E-state index contributed by atoms with van der Waals surface area (Å²) in [5, 5.41) is 20.8. The van der Waals surface area contributed by atoms with E-state index >= 15 is 0 Å². The monoisotopic (exact) mass is 261 g/mol. The predicted octanol–water partition coefficient (Wildman–Crippen LogP) is -0.889. The molecule has 1 N–H and O–H groups in total. The Bertz CT molecular complexity index is 308. The second-order valence-corrected chi connectivity index (χ2v) is 6.02. The van der Waals surface area contributed by atoms with Crippen molar-refractivity contribution in [2.75, 3.05) is 27.7 Å². The van der Waals surface area contributed by atoms with E-state index in [0.29, 0.717) is 0 Å². The number of esters is 1. The summed E-state index contributed by atoms with van der Waals surface area (Å²) in [6.07, 6.45) is -0.598. The van der Waals surface area contributed by atoms with Crippen molar-refractivity contribution >= 4 is 11.9 Å². The van der Waals surface area contributed by atoms with Gasteiger partial charge in [0.1, 0.15) is 6.54 Å². The second kappa shape index (κ2) is 6.15. The fourth-order valence-electron chi connectivity index (χ4n) is 1.68. The standard InChI is InChI=1S/C12H23NO5/c1-9(2)6-11(16)18-12(17,7-10(14)15)8-13(3,4)5/h9,17H,6-8H2,1-5H3. The van der Waals surface area contributed by atoms with Crippen molar-refractivity contribution in [1.29, 1.82) is 0 Å². The molecule has 0 aliphatic carbocycles. The second-order valence-electron chi connectivity index (χ2n) is 6.02. The van der Waals surface area contributed by atoms with E-state index in [1.165, 1.54) is 0 Å². The maximum atomic E-state index is 11.5. The van der Waals surface area contributed by atoms with E-state index in [4.69, 9.17) is 4.74 Å². The number of likely N-dealkylation sites (N-methyl/N-ethyl adjacent to an activating group) is 1. The van der Waals surface area contributed by atoms with Crippen LogP contribution in [0.25, 0.3) is 0 Å². The number of carbonyl (C=O) groups is 2. The van der Waals surface area contributed by atoms with Crippen molar-refractivity contribution in [3.63, 3.8) is 0 Å². The van der Waals surface area contributed by atoms with Crippen molar-refractivity contribution in [1.82, 2.24) is 0 Å². The van der Waals surface area contributed by atoms with Crippen LogP contribution in [0.2, 0.25) is 0 Å². The minimum absolute atomic E-state index is 0.0230. The number of quaternary nitrogens is 1. The molecule has 0 aliphatic rings. The molecule has 18 heavy (non-hydrogen) atoms. The lowest BCUT2D eigenvalue weighted by Crippen LogP contribution is -2.54. The highest BCUT2D eigenvalue weighted by atomic mass is 16.7. The van der Waals surface area contributed by atoms with Gasteiger partial charge in [0.15, 0.2) is 0 Å². The summed E-state index contributed by atoms with van der Waals surface area (Å²) in [6, 6.07) is 0. The first kappa shape index (κ1) is 16.9. The molecule has 0 spiro atoms. The Morgan fingerprint density at radius 1 is 1.33 bits per heavy atom. The summed E-state index contributed by atoms with van der Waals surface area (Å²) in [5.74, 6) is -4.01. The first-order valence-corrected chi connectivity index (χ1v) is 5.88.